The van der Waals surface area contributed by atoms with Crippen LogP contribution in [0.5, 0.6) is 0 Å². The van der Waals surface area contributed by atoms with E-state index < -0.39 is 20.0 Å². The molecule has 0 atom stereocenters. The number of anilines is 1. The number of nitrogens with one attached hydrogen (secondary N) is 2. The SMILES string of the molecule is CC(=O)Nc1ccc(S(=O)(=O)N2CCC(NC(=O)C3CCN(S(C)(=O)=O)CC3)CC2)cc1. The van der Waals surface area contributed by atoms with E-state index in [0.29, 0.717) is 57.5 Å². The van der Waals surface area contributed by atoms with Crippen LogP contribution in [0.3, 0.4) is 0 Å². The second-order valence-electron chi connectivity index (χ2n) is 8.33. The molecule has 0 spiro atoms. The summed E-state index contributed by atoms with van der Waals surface area (Å²) >= 11 is 0. The van der Waals surface area contributed by atoms with Gasteiger partial charge >= 0.3 is 0 Å². The van der Waals surface area contributed by atoms with Gasteiger partial charge in [0.05, 0.1) is 11.2 Å². The van der Waals surface area contributed by atoms with Gasteiger partial charge in [-0.15, -0.1) is 0 Å². The molecule has 1 aromatic rings. The number of hydrogen-bond acceptors (Lipinski definition) is 6. The molecule has 0 aliphatic carbocycles. The largest absolute Gasteiger partial charge is 0.353 e. The summed E-state index contributed by atoms with van der Waals surface area (Å²) in [5.41, 5.74) is 0.528. The predicted molar refractivity (Wildman–Crippen MR) is 120 cm³/mol. The van der Waals surface area contributed by atoms with Crippen LogP contribution in [0.25, 0.3) is 0 Å². The third-order valence-electron chi connectivity index (χ3n) is 5.91. The van der Waals surface area contributed by atoms with Gasteiger partial charge < -0.3 is 10.6 Å². The summed E-state index contributed by atoms with van der Waals surface area (Å²) in [5.74, 6) is -0.546. The zero-order chi connectivity index (χ0) is 23.5. The third kappa shape index (κ3) is 6.06. The Labute approximate surface area is 189 Å². The molecule has 0 unspecified atom stereocenters. The molecule has 32 heavy (non-hydrogen) atoms. The predicted octanol–water partition coefficient (Wildman–Crippen LogP) is 0.586. The summed E-state index contributed by atoms with van der Waals surface area (Å²) in [6.07, 6.45) is 3.17. The Hall–Kier alpha value is -2.02. The Kier molecular flexibility index (Phi) is 7.58. The second kappa shape index (κ2) is 9.86. The van der Waals surface area contributed by atoms with Gasteiger partial charge in [0.2, 0.25) is 31.9 Å². The monoisotopic (exact) mass is 486 g/mol. The van der Waals surface area contributed by atoms with E-state index in [4.69, 9.17) is 0 Å². The summed E-state index contributed by atoms with van der Waals surface area (Å²) < 4.78 is 51.8. The Bertz CT molecular complexity index is 1040. The Balaban J connectivity index is 1.50. The van der Waals surface area contributed by atoms with E-state index >= 15 is 0 Å². The fourth-order valence-electron chi connectivity index (χ4n) is 4.07. The molecule has 0 radical (unpaired) electrons. The molecule has 2 aliphatic rings. The zero-order valence-corrected chi connectivity index (χ0v) is 19.9. The van der Waals surface area contributed by atoms with Crippen molar-refractivity contribution in [3.8, 4) is 0 Å². The van der Waals surface area contributed by atoms with Crippen molar-refractivity contribution in [2.24, 2.45) is 5.92 Å². The van der Waals surface area contributed by atoms with Crippen LogP contribution in [0.1, 0.15) is 32.6 Å². The molecule has 0 aromatic heterocycles. The van der Waals surface area contributed by atoms with Crippen LogP contribution in [-0.4, -0.2) is 75.7 Å². The molecule has 0 saturated carbocycles. The van der Waals surface area contributed by atoms with Crippen LogP contribution in [0.2, 0.25) is 0 Å². The number of hydrogen-bond donors (Lipinski definition) is 2. The Morgan fingerprint density at radius 3 is 1.91 bits per heavy atom. The lowest BCUT2D eigenvalue weighted by atomic mass is 9.96. The minimum Gasteiger partial charge on any atom is -0.353 e. The first-order valence-electron chi connectivity index (χ1n) is 10.6. The Morgan fingerprint density at radius 2 is 1.41 bits per heavy atom. The summed E-state index contributed by atoms with van der Waals surface area (Å²) in [7, 11) is -6.89. The maximum Gasteiger partial charge on any atom is 0.243 e. The van der Waals surface area contributed by atoms with Gasteiger partial charge in [0, 0.05) is 50.7 Å². The van der Waals surface area contributed by atoms with Gasteiger partial charge in [0.1, 0.15) is 0 Å². The zero-order valence-electron chi connectivity index (χ0n) is 18.3. The number of carbonyl (C=O) groups is 2. The van der Waals surface area contributed by atoms with Gasteiger partial charge in [0.15, 0.2) is 0 Å². The first kappa shape index (κ1) is 24.6. The van der Waals surface area contributed by atoms with Gasteiger partial charge in [-0.1, -0.05) is 0 Å². The minimum absolute atomic E-state index is 0.0898. The van der Waals surface area contributed by atoms with Crippen molar-refractivity contribution >= 4 is 37.5 Å². The van der Waals surface area contributed by atoms with E-state index in [1.165, 1.54) is 33.9 Å². The smallest absolute Gasteiger partial charge is 0.243 e. The number of piperidine rings is 2. The number of sulfonamides is 2. The van der Waals surface area contributed by atoms with Crippen LogP contribution >= 0.6 is 0 Å². The molecule has 2 N–H and O–H groups in total. The number of amides is 2. The molecular weight excluding hydrogens is 456 g/mol. The van der Waals surface area contributed by atoms with Gasteiger partial charge in [-0.2, -0.15) is 4.31 Å². The molecule has 2 heterocycles. The van der Waals surface area contributed by atoms with Crippen LogP contribution in [0.15, 0.2) is 29.2 Å². The second-order valence-corrected chi connectivity index (χ2v) is 12.2. The number of nitrogens with zero attached hydrogens (tertiary/aromatic N) is 2. The van der Waals surface area contributed by atoms with Gasteiger partial charge in [-0.25, -0.2) is 21.1 Å². The molecule has 12 heteroatoms. The summed E-state index contributed by atoms with van der Waals surface area (Å²) in [5, 5.41) is 5.61. The molecule has 2 saturated heterocycles. The average Bonchev–Trinajstić information content (AvgIpc) is 2.73. The van der Waals surface area contributed by atoms with Crippen molar-refractivity contribution in [3.05, 3.63) is 24.3 Å². The van der Waals surface area contributed by atoms with Crippen molar-refractivity contribution in [2.75, 3.05) is 37.8 Å². The summed E-state index contributed by atoms with van der Waals surface area (Å²) in [6, 6.07) is 5.94. The standard InChI is InChI=1S/C20H30N4O6S2/c1-15(25)21-17-3-5-19(6-4-17)32(29,30)24-13-9-18(10-14-24)22-20(26)16-7-11-23(12-8-16)31(2,27)28/h3-6,16,18H,7-14H2,1-2H3,(H,21,25)(H,22,26). The molecule has 1 aromatic carbocycles. The van der Waals surface area contributed by atoms with E-state index in [9.17, 15) is 26.4 Å². The first-order chi connectivity index (χ1) is 15.0. The molecule has 0 bridgehead atoms. The van der Waals surface area contributed by atoms with Crippen LogP contribution in [0.4, 0.5) is 5.69 Å². The molecule has 3 rings (SSSR count). The van der Waals surface area contributed by atoms with Gasteiger partial charge in [-0.05, 0) is 49.9 Å². The van der Waals surface area contributed by atoms with Crippen molar-refractivity contribution in [1.82, 2.24) is 13.9 Å². The topological polar surface area (TPSA) is 133 Å². The lowest BCUT2D eigenvalue weighted by Gasteiger charge is -2.34. The summed E-state index contributed by atoms with van der Waals surface area (Å²) in [6.45, 7) is 2.66. The average molecular weight is 487 g/mol. The summed E-state index contributed by atoms with van der Waals surface area (Å²) in [4.78, 5) is 23.9. The highest BCUT2D eigenvalue weighted by atomic mass is 32.2. The lowest BCUT2D eigenvalue weighted by molar-refractivity contribution is -0.127. The number of carbonyl (C=O) groups excluding carboxylic acids is 2. The Morgan fingerprint density at radius 1 is 0.875 bits per heavy atom. The van der Waals surface area contributed by atoms with Crippen LogP contribution < -0.4 is 10.6 Å². The fraction of sp³-hybridized carbons (Fsp3) is 0.600. The van der Waals surface area contributed by atoms with Crippen molar-refractivity contribution < 1.29 is 26.4 Å². The van der Waals surface area contributed by atoms with E-state index in [2.05, 4.69) is 10.6 Å². The first-order valence-corrected chi connectivity index (χ1v) is 13.9. The number of rotatable bonds is 6. The number of benzene rings is 1. The van der Waals surface area contributed by atoms with E-state index in [-0.39, 0.29) is 28.7 Å². The van der Waals surface area contributed by atoms with Gasteiger partial charge in [-0.3, -0.25) is 9.59 Å². The van der Waals surface area contributed by atoms with E-state index in [0.717, 1.165) is 0 Å². The molecule has 2 fully saturated rings. The van der Waals surface area contributed by atoms with Crippen molar-refractivity contribution in [2.45, 2.75) is 43.5 Å². The normalized spacial score (nSPS) is 20.1. The van der Waals surface area contributed by atoms with E-state index in [1.54, 1.807) is 12.1 Å². The maximum atomic E-state index is 12.9. The quantitative estimate of drug-likeness (QED) is 0.605. The molecular formula is C20H30N4O6S2. The fourth-order valence-corrected chi connectivity index (χ4v) is 6.42. The highest BCUT2D eigenvalue weighted by Crippen LogP contribution is 2.24. The lowest BCUT2D eigenvalue weighted by Crippen LogP contribution is -2.49. The van der Waals surface area contributed by atoms with Gasteiger partial charge in [0.25, 0.3) is 0 Å². The van der Waals surface area contributed by atoms with Crippen LogP contribution in [-0.2, 0) is 29.6 Å². The van der Waals surface area contributed by atoms with E-state index in [1.807, 2.05) is 0 Å². The minimum atomic E-state index is -3.65. The maximum absolute atomic E-state index is 12.9. The van der Waals surface area contributed by atoms with Crippen LogP contribution in [0, 0.1) is 5.92 Å². The highest BCUT2D eigenvalue weighted by molar-refractivity contribution is 7.89. The van der Waals surface area contributed by atoms with Crippen molar-refractivity contribution in [1.29, 1.82) is 0 Å². The third-order valence-corrected chi connectivity index (χ3v) is 9.12. The molecule has 2 amide bonds. The van der Waals surface area contributed by atoms with Crippen molar-refractivity contribution in [3.63, 3.8) is 0 Å². The molecule has 2 aliphatic heterocycles. The molecule has 10 nitrogen and oxygen atoms in total. The highest BCUT2D eigenvalue weighted by Gasteiger charge is 2.33. The molecule has 178 valence electrons.